The predicted octanol–water partition coefficient (Wildman–Crippen LogP) is 12.4. The lowest BCUT2D eigenvalue weighted by molar-refractivity contribution is 0.670. The summed E-state index contributed by atoms with van der Waals surface area (Å²) in [5, 5.41) is 6.73. The molecule has 51 heavy (non-hydrogen) atoms. The molecule has 0 unspecified atom stereocenters. The van der Waals surface area contributed by atoms with E-state index in [1.165, 1.54) is 16.3 Å². The van der Waals surface area contributed by atoms with Crippen molar-refractivity contribution in [1.29, 1.82) is 0 Å². The van der Waals surface area contributed by atoms with E-state index in [1.807, 2.05) is 60.7 Å². The Hall–Kier alpha value is -6.91. The van der Waals surface area contributed by atoms with Gasteiger partial charge in [-0.15, -0.1) is 0 Å². The van der Waals surface area contributed by atoms with E-state index in [2.05, 4.69) is 115 Å². The van der Waals surface area contributed by atoms with Crippen molar-refractivity contribution in [3.8, 4) is 56.4 Å². The van der Waals surface area contributed by atoms with Gasteiger partial charge < -0.3 is 4.42 Å². The highest BCUT2D eigenvalue weighted by molar-refractivity contribution is 6.18. The Kier molecular flexibility index (Phi) is 6.78. The average Bonchev–Trinajstić information content (AvgIpc) is 3.58. The summed E-state index contributed by atoms with van der Waals surface area (Å²) in [6, 6.07) is 61.1. The van der Waals surface area contributed by atoms with Crippen molar-refractivity contribution in [2.24, 2.45) is 0 Å². The Morgan fingerprint density at radius 1 is 0.333 bits per heavy atom. The summed E-state index contributed by atoms with van der Waals surface area (Å²) in [5.41, 5.74) is 8.79. The van der Waals surface area contributed by atoms with Crippen LogP contribution in [0.4, 0.5) is 0 Å². The summed E-state index contributed by atoms with van der Waals surface area (Å²) in [6.45, 7) is 0. The van der Waals surface area contributed by atoms with Crippen LogP contribution >= 0.6 is 0 Å². The lowest BCUT2D eigenvalue weighted by atomic mass is 9.94. The van der Waals surface area contributed by atoms with Gasteiger partial charge in [-0.3, -0.25) is 0 Å². The minimum atomic E-state index is 0.597. The van der Waals surface area contributed by atoms with E-state index in [4.69, 9.17) is 19.4 Å². The third kappa shape index (κ3) is 5.13. The smallest absolute Gasteiger partial charge is 0.164 e. The van der Waals surface area contributed by atoms with E-state index < -0.39 is 0 Å². The van der Waals surface area contributed by atoms with Crippen LogP contribution in [0, 0.1) is 0 Å². The molecular formula is C47H29N3O. The third-order valence-corrected chi connectivity index (χ3v) is 9.68. The summed E-state index contributed by atoms with van der Waals surface area (Å²) in [4.78, 5) is 15.2. The zero-order chi connectivity index (χ0) is 33.7. The van der Waals surface area contributed by atoms with Crippen molar-refractivity contribution in [1.82, 2.24) is 15.0 Å². The van der Waals surface area contributed by atoms with Gasteiger partial charge in [0.05, 0.1) is 0 Å². The first kappa shape index (κ1) is 29.0. The number of furan rings is 1. The number of benzene rings is 8. The van der Waals surface area contributed by atoms with Crippen LogP contribution in [0.3, 0.4) is 0 Å². The minimum Gasteiger partial charge on any atom is -0.455 e. The number of hydrogen-bond donors (Lipinski definition) is 0. The van der Waals surface area contributed by atoms with Crippen molar-refractivity contribution in [2.45, 2.75) is 0 Å². The summed E-state index contributed by atoms with van der Waals surface area (Å²) in [5.74, 6) is 1.84. The Balaban J connectivity index is 1.22. The molecule has 0 aliphatic carbocycles. The molecule has 2 heterocycles. The van der Waals surface area contributed by atoms with E-state index in [0.717, 1.165) is 66.1 Å². The van der Waals surface area contributed by atoms with Crippen molar-refractivity contribution in [2.75, 3.05) is 0 Å². The van der Waals surface area contributed by atoms with E-state index in [0.29, 0.717) is 17.5 Å². The average molecular weight is 652 g/mol. The molecule has 0 aliphatic heterocycles. The third-order valence-electron chi connectivity index (χ3n) is 9.68. The molecule has 0 bridgehead atoms. The van der Waals surface area contributed by atoms with Crippen LogP contribution in [0.2, 0.25) is 0 Å². The molecule has 0 N–H and O–H groups in total. The molecule has 4 nitrogen and oxygen atoms in total. The van der Waals surface area contributed by atoms with Gasteiger partial charge in [0.2, 0.25) is 0 Å². The van der Waals surface area contributed by atoms with Gasteiger partial charge >= 0.3 is 0 Å². The summed E-state index contributed by atoms with van der Waals surface area (Å²) in [7, 11) is 0. The number of aromatic nitrogens is 3. The van der Waals surface area contributed by atoms with Crippen LogP contribution in [0.15, 0.2) is 180 Å². The number of nitrogens with zero attached hydrogens (tertiary/aromatic N) is 3. The van der Waals surface area contributed by atoms with Crippen LogP contribution in [-0.2, 0) is 0 Å². The summed E-state index contributed by atoms with van der Waals surface area (Å²) in [6.07, 6.45) is 0. The molecule has 8 aromatic carbocycles. The topological polar surface area (TPSA) is 51.8 Å². The molecule has 0 saturated carbocycles. The van der Waals surface area contributed by atoms with Gasteiger partial charge in [-0.2, -0.15) is 0 Å². The standard InChI is InChI=1S/C47H29N3O/c1-3-13-31(14-4-1)45-48-46(32-15-5-2-6-16-32)50-47(49-45)40-25-24-39(44-43(40)41-28-35-18-9-10-19-36(35)29-42(41)51-44)38-21-11-20-34(27-38)37-23-22-30-12-7-8-17-33(30)26-37/h1-29H. The maximum absolute atomic E-state index is 6.87. The molecule has 10 aromatic rings. The Bertz CT molecular complexity index is 2860. The SMILES string of the molecule is c1ccc(-c2nc(-c3ccccc3)nc(-c3ccc(-c4cccc(-c5ccc6ccccc6c5)c4)c4oc5cc6ccccc6cc5c34)n2)cc1. The van der Waals surface area contributed by atoms with Gasteiger partial charge in [0.25, 0.3) is 0 Å². The molecule has 0 radical (unpaired) electrons. The van der Waals surface area contributed by atoms with Crippen LogP contribution < -0.4 is 0 Å². The van der Waals surface area contributed by atoms with Crippen molar-refractivity contribution < 1.29 is 4.42 Å². The molecule has 0 saturated heterocycles. The van der Waals surface area contributed by atoms with Crippen LogP contribution in [-0.4, -0.2) is 15.0 Å². The van der Waals surface area contributed by atoms with Gasteiger partial charge in [-0.25, -0.2) is 15.0 Å². The van der Waals surface area contributed by atoms with E-state index >= 15 is 0 Å². The fourth-order valence-corrected chi connectivity index (χ4v) is 7.14. The Morgan fingerprint density at radius 2 is 0.863 bits per heavy atom. The van der Waals surface area contributed by atoms with E-state index in [9.17, 15) is 0 Å². The second kappa shape index (κ2) is 11.9. The normalized spacial score (nSPS) is 11.5. The molecule has 0 amide bonds. The van der Waals surface area contributed by atoms with E-state index in [1.54, 1.807) is 0 Å². The summed E-state index contributed by atoms with van der Waals surface area (Å²) >= 11 is 0. The van der Waals surface area contributed by atoms with Crippen molar-refractivity contribution in [3.05, 3.63) is 176 Å². The van der Waals surface area contributed by atoms with Crippen LogP contribution in [0.25, 0.3) is 99.9 Å². The van der Waals surface area contributed by atoms with Gasteiger partial charge in [0, 0.05) is 33.0 Å². The lowest BCUT2D eigenvalue weighted by Crippen LogP contribution is -2.00. The van der Waals surface area contributed by atoms with E-state index in [-0.39, 0.29) is 0 Å². The van der Waals surface area contributed by atoms with Crippen LogP contribution in [0.5, 0.6) is 0 Å². The first-order valence-corrected chi connectivity index (χ1v) is 17.1. The molecule has 0 aliphatic rings. The Morgan fingerprint density at radius 3 is 1.57 bits per heavy atom. The van der Waals surface area contributed by atoms with Crippen LogP contribution in [0.1, 0.15) is 0 Å². The monoisotopic (exact) mass is 651 g/mol. The number of rotatable bonds is 5. The second-order valence-corrected chi connectivity index (χ2v) is 12.8. The molecule has 0 fully saturated rings. The molecule has 0 atom stereocenters. The first-order chi connectivity index (χ1) is 25.2. The molecule has 4 heteroatoms. The lowest BCUT2D eigenvalue weighted by Gasteiger charge is -2.11. The zero-order valence-corrected chi connectivity index (χ0v) is 27.5. The van der Waals surface area contributed by atoms with Gasteiger partial charge in [-0.05, 0) is 74.6 Å². The Labute approximate surface area is 294 Å². The maximum atomic E-state index is 6.87. The van der Waals surface area contributed by atoms with Gasteiger partial charge in [-0.1, -0.05) is 140 Å². The van der Waals surface area contributed by atoms with Gasteiger partial charge in [0.15, 0.2) is 17.5 Å². The molecule has 238 valence electrons. The first-order valence-electron chi connectivity index (χ1n) is 17.1. The molecule has 10 rings (SSSR count). The fraction of sp³-hybridized carbons (Fsp3) is 0. The number of hydrogen-bond acceptors (Lipinski definition) is 4. The zero-order valence-electron chi connectivity index (χ0n) is 27.5. The number of fused-ring (bicyclic) bond motifs is 5. The highest BCUT2D eigenvalue weighted by atomic mass is 16.3. The van der Waals surface area contributed by atoms with Gasteiger partial charge in [0.1, 0.15) is 11.2 Å². The minimum absolute atomic E-state index is 0.597. The second-order valence-electron chi connectivity index (χ2n) is 12.8. The fourth-order valence-electron chi connectivity index (χ4n) is 7.14. The molecule has 0 spiro atoms. The predicted molar refractivity (Wildman–Crippen MR) is 209 cm³/mol. The highest BCUT2D eigenvalue weighted by Crippen LogP contribution is 2.43. The van der Waals surface area contributed by atoms with Crippen molar-refractivity contribution >= 4 is 43.5 Å². The molecule has 2 aromatic heterocycles. The highest BCUT2D eigenvalue weighted by Gasteiger charge is 2.21. The largest absolute Gasteiger partial charge is 0.455 e. The van der Waals surface area contributed by atoms with Crippen molar-refractivity contribution in [3.63, 3.8) is 0 Å². The quantitative estimate of drug-likeness (QED) is 0.186. The summed E-state index contributed by atoms with van der Waals surface area (Å²) < 4.78 is 6.87. The molecular weight excluding hydrogens is 623 g/mol. The maximum Gasteiger partial charge on any atom is 0.164 e.